The number of fused-ring (bicyclic) bond motifs is 1. The van der Waals surface area contributed by atoms with Crippen LogP contribution in [-0.2, 0) is 0 Å². The van der Waals surface area contributed by atoms with Crippen LogP contribution in [0.15, 0.2) is 11.1 Å². The number of H-pyrrole nitrogens is 1. The summed E-state index contributed by atoms with van der Waals surface area (Å²) in [6.07, 6.45) is 1.00. The van der Waals surface area contributed by atoms with Crippen molar-refractivity contribution in [3.63, 3.8) is 0 Å². The van der Waals surface area contributed by atoms with Gasteiger partial charge in [-0.15, -0.1) is 0 Å². The summed E-state index contributed by atoms with van der Waals surface area (Å²) < 4.78 is 29.8. The van der Waals surface area contributed by atoms with Crippen LogP contribution in [-0.4, -0.2) is 42.6 Å². The van der Waals surface area contributed by atoms with E-state index in [-0.39, 0.29) is 23.5 Å². The quantitative estimate of drug-likeness (QED) is 0.723. The Hall–Kier alpha value is -2.03. The molecule has 0 spiro atoms. The van der Waals surface area contributed by atoms with Gasteiger partial charge in [0.05, 0.1) is 19.0 Å². The molecule has 1 saturated carbocycles. The van der Waals surface area contributed by atoms with Crippen molar-refractivity contribution >= 4 is 17.1 Å². The van der Waals surface area contributed by atoms with Crippen molar-refractivity contribution in [1.82, 2.24) is 19.5 Å². The van der Waals surface area contributed by atoms with Gasteiger partial charge >= 0.3 is 0 Å². The van der Waals surface area contributed by atoms with Gasteiger partial charge in [0.15, 0.2) is 22.5 Å². The van der Waals surface area contributed by atoms with Crippen molar-refractivity contribution in [3.05, 3.63) is 16.7 Å². The fourth-order valence-corrected chi connectivity index (χ4v) is 2.62. The first-order chi connectivity index (χ1) is 9.30. The van der Waals surface area contributed by atoms with Crippen LogP contribution in [0, 0.1) is 0 Å². The SMILES string of the molecule is C[C@]1(F)[C@H](n2cnc3c(=O)[nH]c(N)nc32)C[C@]1(F)CO. The van der Waals surface area contributed by atoms with Crippen molar-refractivity contribution < 1.29 is 13.9 Å². The summed E-state index contributed by atoms with van der Waals surface area (Å²) in [5, 5.41) is 8.97. The number of aromatic nitrogens is 4. The molecule has 1 fully saturated rings. The molecule has 1 aliphatic carbocycles. The summed E-state index contributed by atoms with van der Waals surface area (Å²) in [5.74, 6) is -0.127. The van der Waals surface area contributed by atoms with E-state index in [9.17, 15) is 13.6 Å². The second-order valence-electron chi connectivity index (χ2n) is 5.19. The third-order valence-electron chi connectivity index (χ3n) is 4.06. The molecule has 4 N–H and O–H groups in total. The van der Waals surface area contributed by atoms with Gasteiger partial charge < -0.3 is 15.4 Å². The minimum atomic E-state index is -2.30. The van der Waals surface area contributed by atoms with Crippen molar-refractivity contribution in [2.45, 2.75) is 30.7 Å². The molecule has 1 aliphatic rings. The monoisotopic (exact) mass is 285 g/mol. The summed E-state index contributed by atoms with van der Waals surface area (Å²) >= 11 is 0. The molecule has 0 aliphatic heterocycles. The van der Waals surface area contributed by atoms with Crippen LogP contribution in [0.4, 0.5) is 14.7 Å². The number of hydrogen-bond acceptors (Lipinski definition) is 5. The number of nitrogen functional groups attached to an aromatic ring is 1. The zero-order valence-corrected chi connectivity index (χ0v) is 10.6. The van der Waals surface area contributed by atoms with E-state index in [0.717, 1.165) is 6.92 Å². The van der Waals surface area contributed by atoms with E-state index in [1.54, 1.807) is 0 Å². The number of aliphatic hydroxyl groups excluding tert-OH is 1. The summed E-state index contributed by atoms with van der Waals surface area (Å²) in [7, 11) is 0. The van der Waals surface area contributed by atoms with Crippen LogP contribution in [0.2, 0.25) is 0 Å². The standard InChI is InChI=1S/C11H13F2N5O2/c1-10(12)5(2-11(10,13)3-19)18-4-15-6-7(18)16-9(14)17-8(6)20/h4-5,19H,2-3H2,1H3,(H3,14,16,17,20)/t5-,10+,11+/m1/s1. The van der Waals surface area contributed by atoms with Gasteiger partial charge in [0.25, 0.3) is 5.56 Å². The van der Waals surface area contributed by atoms with Crippen LogP contribution in [0.1, 0.15) is 19.4 Å². The summed E-state index contributed by atoms with van der Waals surface area (Å²) in [4.78, 5) is 21.7. The number of alkyl halides is 2. The molecular formula is C11H13F2N5O2. The Balaban J connectivity index is 2.12. The molecule has 0 bridgehead atoms. The Bertz CT molecular complexity index is 740. The molecule has 0 unspecified atom stereocenters. The minimum Gasteiger partial charge on any atom is -0.393 e. The summed E-state index contributed by atoms with van der Waals surface area (Å²) in [6.45, 7) is 0.166. The molecule has 0 saturated heterocycles. The summed E-state index contributed by atoms with van der Waals surface area (Å²) in [5.41, 5.74) is 0.421. The van der Waals surface area contributed by atoms with E-state index < -0.39 is 29.5 Å². The van der Waals surface area contributed by atoms with Crippen molar-refractivity contribution in [1.29, 1.82) is 0 Å². The molecule has 7 nitrogen and oxygen atoms in total. The molecule has 9 heteroatoms. The first-order valence-electron chi connectivity index (χ1n) is 6.01. The highest BCUT2D eigenvalue weighted by molar-refractivity contribution is 5.70. The third-order valence-corrected chi connectivity index (χ3v) is 4.06. The molecule has 20 heavy (non-hydrogen) atoms. The number of anilines is 1. The van der Waals surface area contributed by atoms with Crippen LogP contribution >= 0.6 is 0 Å². The molecule has 0 radical (unpaired) electrons. The number of aromatic amines is 1. The fourth-order valence-electron chi connectivity index (χ4n) is 2.62. The molecule has 3 rings (SSSR count). The van der Waals surface area contributed by atoms with Crippen LogP contribution in [0.5, 0.6) is 0 Å². The number of nitrogens with one attached hydrogen (secondary N) is 1. The van der Waals surface area contributed by atoms with Gasteiger partial charge in [-0.2, -0.15) is 4.98 Å². The maximum atomic E-state index is 14.5. The second kappa shape index (κ2) is 3.75. The Labute approximate surface area is 111 Å². The lowest BCUT2D eigenvalue weighted by Crippen LogP contribution is -2.64. The maximum absolute atomic E-state index is 14.5. The van der Waals surface area contributed by atoms with Crippen molar-refractivity contribution in [2.75, 3.05) is 12.3 Å². The lowest BCUT2D eigenvalue weighted by atomic mass is 9.65. The number of halogens is 2. The van der Waals surface area contributed by atoms with Gasteiger partial charge in [0, 0.05) is 6.42 Å². The first kappa shape index (κ1) is 13.0. The van der Waals surface area contributed by atoms with Gasteiger partial charge in [0.1, 0.15) is 0 Å². The maximum Gasteiger partial charge on any atom is 0.280 e. The predicted octanol–water partition coefficient (Wildman–Crippen LogP) is 0.0754. The number of nitrogens with zero attached hydrogens (tertiary/aromatic N) is 3. The molecule has 2 heterocycles. The number of nitrogens with two attached hydrogens (primary N) is 1. The van der Waals surface area contributed by atoms with Gasteiger partial charge in [-0.05, 0) is 6.92 Å². The highest BCUT2D eigenvalue weighted by Crippen LogP contribution is 2.55. The zero-order chi connectivity index (χ0) is 14.7. The van der Waals surface area contributed by atoms with Crippen LogP contribution < -0.4 is 11.3 Å². The van der Waals surface area contributed by atoms with Gasteiger partial charge in [-0.3, -0.25) is 9.78 Å². The highest BCUT2D eigenvalue weighted by Gasteiger charge is 2.66. The molecule has 0 aromatic carbocycles. The van der Waals surface area contributed by atoms with E-state index in [2.05, 4.69) is 15.0 Å². The number of imidazole rings is 1. The topological polar surface area (TPSA) is 110 Å². The molecule has 3 atom stereocenters. The normalized spacial score (nSPS) is 33.3. The van der Waals surface area contributed by atoms with E-state index in [1.807, 2.05) is 0 Å². The van der Waals surface area contributed by atoms with Crippen molar-refractivity contribution in [2.24, 2.45) is 0 Å². The first-order valence-corrected chi connectivity index (χ1v) is 6.01. The van der Waals surface area contributed by atoms with E-state index in [0.29, 0.717) is 0 Å². The number of rotatable bonds is 2. The minimum absolute atomic E-state index is 0.00959. The third kappa shape index (κ3) is 1.43. The molecule has 2 aromatic rings. The molecule has 2 aromatic heterocycles. The van der Waals surface area contributed by atoms with E-state index >= 15 is 0 Å². The van der Waals surface area contributed by atoms with Gasteiger partial charge in [-0.25, -0.2) is 13.8 Å². The lowest BCUT2D eigenvalue weighted by molar-refractivity contribution is -0.176. The van der Waals surface area contributed by atoms with Gasteiger partial charge in [-0.1, -0.05) is 0 Å². The number of aliphatic hydroxyl groups is 1. The van der Waals surface area contributed by atoms with E-state index in [4.69, 9.17) is 10.8 Å². The number of hydrogen-bond donors (Lipinski definition) is 3. The molecule has 108 valence electrons. The molecule has 0 amide bonds. The predicted molar refractivity (Wildman–Crippen MR) is 66.7 cm³/mol. The van der Waals surface area contributed by atoms with Gasteiger partial charge in [0.2, 0.25) is 5.95 Å². The smallest absolute Gasteiger partial charge is 0.280 e. The Morgan fingerprint density at radius 1 is 1.65 bits per heavy atom. The van der Waals surface area contributed by atoms with Crippen LogP contribution in [0.25, 0.3) is 11.2 Å². The summed E-state index contributed by atoms with van der Waals surface area (Å²) in [6, 6.07) is -0.904. The average molecular weight is 285 g/mol. The zero-order valence-electron chi connectivity index (χ0n) is 10.6. The van der Waals surface area contributed by atoms with Crippen LogP contribution in [0.3, 0.4) is 0 Å². The fraction of sp³-hybridized carbons (Fsp3) is 0.545. The average Bonchev–Trinajstić information content (AvgIpc) is 2.78. The largest absolute Gasteiger partial charge is 0.393 e. The van der Waals surface area contributed by atoms with Crippen molar-refractivity contribution in [3.8, 4) is 0 Å². The second-order valence-corrected chi connectivity index (χ2v) is 5.19. The lowest BCUT2D eigenvalue weighted by Gasteiger charge is -2.52. The van der Waals surface area contributed by atoms with E-state index in [1.165, 1.54) is 10.9 Å². The Morgan fingerprint density at radius 2 is 2.35 bits per heavy atom. The Kier molecular flexibility index (Phi) is 2.43. The molecular weight excluding hydrogens is 272 g/mol. The highest BCUT2D eigenvalue weighted by atomic mass is 19.2. The Morgan fingerprint density at radius 3 is 2.95 bits per heavy atom.